The largest absolute Gasteiger partial charge is 0.468 e. The number of rotatable bonds is 24. The highest BCUT2D eigenvalue weighted by Gasteiger charge is 2.28. The van der Waals surface area contributed by atoms with Crippen LogP contribution in [0.2, 0.25) is 0 Å². The molecule has 0 saturated carbocycles. The topological polar surface area (TPSA) is 105 Å². The highest BCUT2D eigenvalue weighted by molar-refractivity contribution is 5.95. The number of carbonyl (C=O) groups excluding carboxylic acids is 4. The minimum absolute atomic E-state index is 0.489. The van der Waals surface area contributed by atoms with E-state index in [1.807, 2.05) is 0 Å². The fourth-order valence-corrected chi connectivity index (χ4v) is 4.55. The summed E-state index contributed by atoms with van der Waals surface area (Å²) in [7, 11) is 5.20. The van der Waals surface area contributed by atoms with Gasteiger partial charge in [-0.2, -0.15) is 0 Å². The first-order chi connectivity index (χ1) is 19.3. The zero-order valence-electron chi connectivity index (χ0n) is 26.6. The van der Waals surface area contributed by atoms with Gasteiger partial charge in [-0.05, 0) is 12.8 Å². The SMILES string of the molecule is CCCCCCCCCCCC(C(=O)OC)C(=O)OC.CCCCCCCCCCCC(C(=O)OC)C(=O)OC. The molecule has 0 rings (SSSR count). The van der Waals surface area contributed by atoms with Gasteiger partial charge in [0.1, 0.15) is 0 Å². The van der Waals surface area contributed by atoms with Crippen LogP contribution in [0.25, 0.3) is 0 Å². The predicted octanol–water partition coefficient (Wildman–Crippen LogP) is 7.74. The van der Waals surface area contributed by atoms with E-state index >= 15 is 0 Å². The highest BCUT2D eigenvalue weighted by Crippen LogP contribution is 2.17. The van der Waals surface area contributed by atoms with Crippen LogP contribution in [0.15, 0.2) is 0 Å². The van der Waals surface area contributed by atoms with E-state index in [1.54, 1.807) is 0 Å². The number of methoxy groups -OCH3 is 4. The summed E-state index contributed by atoms with van der Waals surface area (Å²) in [6.07, 6.45) is 22.8. The summed E-state index contributed by atoms with van der Waals surface area (Å²) >= 11 is 0. The van der Waals surface area contributed by atoms with E-state index in [0.29, 0.717) is 12.8 Å². The predicted molar refractivity (Wildman–Crippen MR) is 159 cm³/mol. The standard InChI is InChI=1S/2C16H30O4/c2*1-4-5-6-7-8-9-10-11-12-13-14(15(17)19-2)16(18)20-3/h2*14H,4-13H2,1-3H3. The minimum Gasteiger partial charge on any atom is -0.468 e. The summed E-state index contributed by atoms with van der Waals surface area (Å²) in [5.41, 5.74) is 0. The quantitative estimate of drug-likeness (QED) is 0.0500. The fourth-order valence-electron chi connectivity index (χ4n) is 4.55. The van der Waals surface area contributed by atoms with E-state index in [9.17, 15) is 19.2 Å². The van der Waals surface area contributed by atoms with Gasteiger partial charge in [-0.3, -0.25) is 19.2 Å². The molecule has 0 aromatic carbocycles. The van der Waals surface area contributed by atoms with Gasteiger partial charge in [0.25, 0.3) is 0 Å². The van der Waals surface area contributed by atoms with Crippen molar-refractivity contribution in [2.45, 2.75) is 142 Å². The second-order valence-electron chi connectivity index (χ2n) is 10.4. The van der Waals surface area contributed by atoms with Crippen LogP contribution in [0, 0.1) is 11.8 Å². The van der Waals surface area contributed by atoms with Crippen molar-refractivity contribution in [2.75, 3.05) is 28.4 Å². The first kappa shape index (κ1) is 40.0. The van der Waals surface area contributed by atoms with E-state index in [-0.39, 0.29) is 0 Å². The molecule has 0 radical (unpaired) electrons. The number of esters is 4. The van der Waals surface area contributed by atoms with E-state index in [4.69, 9.17) is 0 Å². The van der Waals surface area contributed by atoms with Gasteiger partial charge >= 0.3 is 23.9 Å². The Balaban J connectivity index is 0. The van der Waals surface area contributed by atoms with Crippen molar-refractivity contribution in [1.29, 1.82) is 0 Å². The van der Waals surface area contributed by atoms with Gasteiger partial charge < -0.3 is 18.9 Å². The molecule has 0 saturated heterocycles. The Kier molecular flexibility index (Phi) is 29.9. The smallest absolute Gasteiger partial charge is 0.320 e. The van der Waals surface area contributed by atoms with Crippen molar-refractivity contribution in [2.24, 2.45) is 11.8 Å². The molecule has 0 aliphatic rings. The molecular formula is C32H60O8. The Morgan fingerprint density at radius 2 is 0.575 bits per heavy atom. The Morgan fingerprint density at radius 1 is 0.375 bits per heavy atom. The van der Waals surface area contributed by atoms with Crippen LogP contribution in [-0.2, 0) is 38.1 Å². The second-order valence-corrected chi connectivity index (χ2v) is 10.4. The number of carbonyl (C=O) groups is 4. The third kappa shape index (κ3) is 22.7. The summed E-state index contributed by atoms with van der Waals surface area (Å²) in [5, 5.41) is 0. The first-order valence-electron chi connectivity index (χ1n) is 15.7. The Hall–Kier alpha value is -2.12. The Labute approximate surface area is 244 Å². The molecule has 0 fully saturated rings. The van der Waals surface area contributed by atoms with Crippen LogP contribution in [0.1, 0.15) is 142 Å². The fraction of sp³-hybridized carbons (Fsp3) is 0.875. The lowest BCUT2D eigenvalue weighted by molar-refractivity contribution is -0.160. The summed E-state index contributed by atoms with van der Waals surface area (Å²) in [6.45, 7) is 4.44. The van der Waals surface area contributed by atoms with E-state index in [1.165, 1.54) is 118 Å². The summed E-state index contributed by atoms with van der Waals surface area (Å²) < 4.78 is 18.5. The van der Waals surface area contributed by atoms with Gasteiger partial charge in [-0.25, -0.2) is 0 Å². The van der Waals surface area contributed by atoms with Crippen LogP contribution in [-0.4, -0.2) is 52.3 Å². The highest BCUT2D eigenvalue weighted by atomic mass is 16.5. The van der Waals surface area contributed by atoms with Crippen LogP contribution in [0.3, 0.4) is 0 Å². The number of unbranched alkanes of at least 4 members (excludes halogenated alkanes) is 16. The maximum absolute atomic E-state index is 11.5. The molecule has 0 aromatic rings. The molecule has 0 spiro atoms. The molecule has 8 nitrogen and oxygen atoms in total. The molecule has 40 heavy (non-hydrogen) atoms. The molecule has 0 unspecified atom stereocenters. The molecule has 8 heteroatoms. The van der Waals surface area contributed by atoms with Gasteiger partial charge in [0.05, 0.1) is 28.4 Å². The van der Waals surface area contributed by atoms with Crippen molar-refractivity contribution in [3.8, 4) is 0 Å². The lowest BCUT2D eigenvalue weighted by Gasteiger charge is -2.11. The number of ether oxygens (including phenoxy) is 4. The average molecular weight is 573 g/mol. The normalized spacial score (nSPS) is 10.6. The van der Waals surface area contributed by atoms with Crippen molar-refractivity contribution < 1.29 is 38.1 Å². The van der Waals surface area contributed by atoms with Crippen molar-refractivity contribution in [3.05, 3.63) is 0 Å². The van der Waals surface area contributed by atoms with Gasteiger partial charge in [0.2, 0.25) is 0 Å². The number of hydrogen-bond acceptors (Lipinski definition) is 8. The van der Waals surface area contributed by atoms with Crippen LogP contribution in [0.5, 0.6) is 0 Å². The van der Waals surface area contributed by atoms with Crippen LogP contribution >= 0.6 is 0 Å². The van der Waals surface area contributed by atoms with Crippen molar-refractivity contribution in [3.63, 3.8) is 0 Å². The maximum Gasteiger partial charge on any atom is 0.320 e. The molecule has 236 valence electrons. The van der Waals surface area contributed by atoms with E-state index in [2.05, 4.69) is 32.8 Å². The van der Waals surface area contributed by atoms with E-state index < -0.39 is 35.7 Å². The molecule has 0 atom stereocenters. The molecule has 0 bridgehead atoms. The zero-order valence-corrected chi connectivity index (χ0v) is 26.6. The van der Waals surface area contributed by atoms with Crippen molar-refractivity contribution >= 4 is 23.9 Å². The summed E-state index contributed by atoms with van der Waals surface area (Å²) in [4.78, 5) is 45.8. The van der Waals surface area contributed by atoms with Gasteiger partial charge in [-0.1, -0.05) is 129 Å². The number of hydrogen-bond donors (Lipinski definition) is 0. The Morgan fingerprint density at radius 3 is 0.775 bits per heavy atom. The molecule has 0 aliphatic heterocycles. The lowest BCUT2D eigenvalue weighted by atomic mass is 10.00. The minimum atomic E-state index is -0.755. The molecule has 0 heterocycles. The summed E-state index contributed by atoms with van der Waals surface area (Å²) in [6, 6.07) is 0. The first-order valence-corrected chi connectivity index (χ1v) is 15.7. The molecule has 0 aliphatic carbocycles. The molecule has 0 N–H and O–H groups in total. The molecular weight excluding hydrogens is 512 g/mol. The second kappa shape index (κ2) is 29.9. The monoisotopic (exact) mass is 572 g/mol. The van der Waals surface area contributed by atoms with Crippen LogP contribution < -0.4 is 0 Å². The Bertz CT molecular complexity index is 548. The lowest BCUT2D eigenvalue weighted by Crippen LogP contribution is -2.26. The third-order valence-electron chi connectivity index (χ3n) is 7.14. The van der Waals surface area contributed by atoms with E-state index in [0.717, 1.165) is 25.7 Å². The molecule has 0 aromatic heterocycles. The maximum atomic E-state index is 11.5. The van der Waals surface area contributed by atoms with Gasteiger partial charge in [0.15, 0.2) is 11.8 Å². The summed E-state index contributed by atoms with van der Waals surface area (Å²) in [5.74, 6) is -3.47. The molecule has 0 amide bonds. The van der Waals surface area contributed by atoms with Crippen molar-refractivity contribution in [1.82, 2.24) is 0 Å². The zero-order chi connectivity index (χ0) is 30.4. The van der Waals surface area contributed by atoms with Gasteiger partial charge in [-0.15, -0.1) is 0 Å². The van der Waals surface area contributed by atoms with Gasteiger partial charge in [0, 0.05) is 0 Å². The third-order valence-corrected chi connectivity index (χ3v) is 7.14. The average Bonchev–Trinajstić information content (AvgIpc) is 2.98. The van der Waals surface area contributed by atoms with Crippen LogP contribution in [0.4, 0.5) is 0 Å².